The Bertz CT molecular complexity index is 1620. The number of benzene rings is 3. The predicted molar refractivity (Wildman–Crippen MR) is 152 cm³/mol. The first kappa shape index (κ1) is 27.7. The zero-order valence-corrected chi connectivity index (χ0v) is 23.4. The molecule has 7 nitrogen and oxygen atoms in total. The number of hydrazone groups is 1. The van der Waals surface area contributed by atoms with Crippen molar-refractivity contribution in [2.75, 3.05) is 10.8 Å². The van der Waals surface area contributed by atoms with Crippen LogP contribution in [-0.2, 0) is 14.8 Å². The van der Waals surface area contributed by atoms with Crippen molar-refractivity contribution in [1.82, 2.24) is 5.43 Å². The van der Waals surface area contributed by atoms with Gasteiger partial charge in [-0.05, 0) is 91.7 Å². The maximum absolute atomic E-state index is 13.5. The first-order chi connectivity index (χ1) is 18.0. The van der Waals surface area contributed by atoms with Gasteiger partial charge >= 0.3 is 0 Å². The Labute approximate surface area is 235 Å². The highest BCUT2D eigenvalue weighted by Gasteiger charge is 2.27. The molecule has 1 heterocycles. The smallest absolute Gasteiger partial charge is 0.264 e. The van der Waals surface area contributed by atoms with Crippen LogP contribution in [0.15, 0.2) is 87.2 Å². The van der Waals surface area contributed by atoms with Crippen molar-refractivity contribution in [3.8, 4) is 11.3 Å². The molecule has 38 heavy (non-hydrogen) atoms. The Morgan fingerprint density at radius 3 is 2.32 bits per heavy atom. The number of hydrogen-bond acceptors (Lipinski definition) is 5. The number of carbonyl (C=O) groups is 1. The Hall–Kier alpha value is -3.30. The number of anilines is 1. The Kier molecular flexibility index (Phi) is 8.47. The molecule has 0 bridgehead atoms. The van der Waals surface area contributed by atoms with Crippen molar-refractivity contribution in [2.45, 2.75) is 18.7 Å². The molecule has 0 radical (unpaired) electrons. The van der Waals surface area contributed by atoms with Crippen LogP contribution in [0, 0.1) is 13.8 Å². The zero-order chi connectivity index (χ0) is 27.4. The van der Waals surface area contributed by atoms with Gasteiger partial charge in [0.2, 0.25) is 0 Å². The Morgan fingerprint density at radius 2 is 1.63 bits per heavy atom. The van der Waals surface area contributed by atoms with E-state index < -0.39 is 22.5 Å². The van der Waals surface area contributed by atoms with Gasteiger partial charge in [0, 0.05) is 15.6 Å². The van der Waals surface area contributed by atoms with Crippen LogP contribution in [0.5, 0.6) is 0 Å². The summed E-state index contributed by atoms with van der Waals surface area (Å²) in [4.78, 5) is 12.8. The second-order valence-corrected chi connectivity index (χ2v) is 11.5. The summed E-state index contributed by atoms with van der Waals surface area (Å²) in [7, 11) is -4.09. The summed E-state index contributed by atoms with van der Waals surface area (Å²) in [6.07, 6.45) is 1.30. The molecule has 196 valence electrons. The van der Waals surface area contributed by atoms with Gasteiger partial charge in [0.05, 0.1) is 21.8 Å². The van der Waals surface area contributed by atoms with Crippen LogP contribution in [0.1, 0.15) is 16.9 Å². The van der Waals surface area contributed by atoms with Gasteiger partial charge in [-0.1, -0.05) is 40.9 Å². The number of carbonyl (C=O) groups excluding carboxylic acids is 1. The third-order valence-electron chi connectivity index (χ3n) is 5.67. The fourth-order valence-electron chi connectivity index (χ4n) is 3.52. The quantitative estimate of drug-likeness (QED) is 0.179. The first-order valence-corrected chi connectivity index (χ1v) is 13.8. The van der Waals surface area contributed by atoms with Crippen LogP contribution in [0.3, 0.4) is 0 Å². The van der Waals surface area contributed by atoms with Crippen LogP contribution >= 0.6 is 34.8 Å². The molecule has 3 aromatic carbocycles. The number of aryl methyl sites for hydroxylation is 2. The number of nitrogens with zero attached hydrogens (tertiary/aromatic N) is 2. The van der Waals surface area contributed by atoms with Crippen molar-refractivity contribution in [3.05, 3.63) is 105 Å². The minimum absolute atomic E-state index is 0.000375. The Morgan fingerprint density at radius 1 is 0.921 bits per heavy atom. The highest BCUT2D eigenvalue weighted by Crippen LogP contribution is 2.31. The van der Waals surface area contributed by atoms with Gasteiger partial charge in [-0.3, -0.25) is 9.10 Å². The van der Waals surface area contributed by atoms with Gasteiger partial charge in [0.15, 0.2) is 0 Å². The van der Waals surface area contributed by atoms with Crippen molar-refractivity contribution in [1.29, 1.82) is 0 Å². The van der Waals surface area contributed by atoms with E-state index in [2.05, 4.69) is 10.5 Å². The number of amides is 1. The summed E-state index contributed by atoms with van der Waals surface area (Å²) < 4.78 is 33.7. The lowest BCUT2D eigenvalue weighted by Crippen LogP contribution is -2.39. The molecular weight excluding hydrogens is 569 g/mol. The predicted octanol–water partition coefficient (Wildman–Crippen LogP) is 6.87. The number of hydrogen-bond donors (Lipinski definition) is 1. The van der Waals surface area contributed by atoms with E-state index >= 15 is 0 Å². The van der Waals surface area contributed by atoms with Gasteiger partial charge in [0.1, 0.15) is 18.1 Å². The third kappa shape index (κ3) is 6.39. The molecule has 0 spiro atoms. The number of nitrogens with one attached hydrogen (secondary N) is 1. The standard InChI is InChI=1S/C27H22Cl3N3O4S/c1-17-3-7-21(13-18(17)2)33(38(35,36)23-9-4-19(28)5-10-23)16-27(34)32-31-15-22-8-12-26(37-22)24-11-6-20(29)14-25(24)30/h3-15H,16H2,1-2H3,(H,32,34)/b31-15-. The maximum Gasteiger partial charge on any atom is 0.264 e. The summed E-state index contributed by atoms with van der Waals surface area (Å²) in [5.74, 6) is 0.199. The van der Waals surface area contributed by atoms with Gasteiger partial charge in [0.25, 0.3) is 15.9 Å². The minimum atomic E-state index is -4.09. The third-order valence-corrected chi connectivity index (χ3v) is 8.26. The fraction of sp³-hybridized carbons (Fsp3) is 0.111. The SMILES string of the molecule is Cc1ccc(N(CC(=O)N/N=C\c2ccc(-c3ccc(Cl)cc3Cl)o2)S(=O)(=O)c2ccc(Cl)cc2)cc1C. The summed E-state index contributed by atoms with van der Waals surface area (Å²) in [5, 5.41) is 5.25. The minimum Gasteiger partial charge on any atom is -0.455 e. The second kappa shape index (κ2) is 11.6. The molecule has 0 aliphatic heterocycles. The molecule has 0 saturated carbocycles. The average molecular weight is 591 g/mol. The largest absolute Gasteiger partial charge is 0.455 e. The number of rotatable bonds is 8. The molecule has 1 amide bonds. The molecule has 0 atom stereocenters. The summed E-state index contributed by atoms with van der Waals surface area (Å²) >= 11 is 18.1. The summed E-state index contributed by atoms with van der Waals surface area (Å²) in [6.45, 7) is 3.28. The van der Waals surface area contributed by atoms with Crippen molar-refractivity contribution >= 4 is 62.6 Å². The topological polar surface area (TPSA) is 92.0 Å². The van der Waals surface area contributed by atoms with E-state index in [1.165, 1.54) is 30.5 Å². The highest BCUT2D eigenvalue weighted by molar-refractivity contribution is 7.92. The summed E-state index contributed by atoms with van der Waals surface area (Å²) in [6, 6.07) is 19.3. The van der Waals surface area contributed by atoms with Crippen LogP contribution in [0.25, 0.3) is 11.3 Å². The molecular formula is C27H22Cl3N3O4S. The molecule has 0 unspecified atom stereocenters. The van der Waals surface area contributed by atoms with E-state index in [0.29, 0.717) is 37.8 Å². The lowest BCUT2D eigenvalue weighted by atomic mass is 10.1. The van der Waals surface area contributed by atoms with E-state index in [1.54, 1.807) is 48.5 Å². The molecule has 1 N–H and O–H groups in total. The van der Waals surface area contributed by atoms with Crippen LogP contribution in [-0.4, -0.2) is 27.1 Å². The number of halogens is 3. The molecule has 0 saturated heterocycles. The van der Waals surface area contributed by atoms with Gasteiger partial charge in [-0.15, -0.1) is 0 Å². The normalized spacial score (nSPS) is 11.6. The van der Waals surface area contributed by atoms with Crippen molar-refractivity contribution < 1.29 is 17.6 Å². The monoisotopic (exact) mass is 589 g/mol. The van der Waals surface area contributed by atoms with Crippen molar-refractivity contribution in [3.63, 3.8) is 0 Å². The average Bonchev–Trinajstić information content (AvgIpc) is 3.33. The molecule has 1 aromatic heterocycles. The van der Waals surface area contributed by atoms with Crippen LogP contribution in [0.2, 0.25) is 15.1 Å². The molecule has 4 rings (SSSR count). The van der Waals surface area contributed by atoms with Gasteiger partial charge < -0.3 is 4.42 Å². The number of furan rings is 1. The van der Waals surface area contributed by atoms with E-state index in [-0.39, 0.29) is 4.90 Å². The Balaban J connectivity index is 1.52. The fourth-order valence-corrected chi connectivity index (χ4v) is 5.56. The van der Waals surface area contributed by atoms with E-state index in [4.69, 9.17) is 39.2 Å². The summed E-state index contributed by atoms with van der Waals surface area (Å²) in [5.41, 5.74) is 5.22. The van der Waals surface area contributed by atoms with E-state index in [9.17, 15) is 13.2 Å². The second-order valence-electron chi connectivity index (χ2n) is 8.35. The maximum atomic E-state index is 13.5. The van der Waals surface area contributed by atoms with E-state index in [1.807, 2.05) is 13.8 Å². The molecule has 11 heteroatoms. The van der Waals surface area contributed by atoms with Crippen LogP contribution in [0.4, 0.5) is 5.69 Å². The van der Waals surface area contributed by atoms with Gasteiger partial charge in [-0.2, -0.15) is 5.10 Å². The lowest BCUT2D eigenvalue weighted by molar-refractivity contribution is -0.119. The van der Waals surface area contributed by atoms with Crippen molar-refractivity contribution in [2.24, 2.45) is 5.10 Å². The van der Waals surface area contributed by atoms with E-state index in [0.717, 1.165) is 15.4 Å². The van der Waals surface area contributed by atoms with Gasteiger partial charge in [-0.25, -0.2) is 13.8 Å². The highest BCUT2D eigenvalue weighted by atomic mass is 35.5. The molecule has 0 aliphatic rings. The lowest BCUT2D eigenvalue weighted by Gasteiger charge is -2.24. The van der Waals surface area contributed by atoms with Crippen LogP contribution < -0.4 is 9.73 Å². The number of sulfonamides is 1. The first-order valence-electron chi connectivity index (χ1n) is 11.3. The molecule has 4 aromatic rings. The molecule has 0 fully saturated rings. The molecule has 0 aliphatic carbocycles. The zero-order valence-electron chi connectivity index (χ0n) is 20.3.